The van der Waals surface area contributed by atoms with Gasteiger partial charge in [0.25, 0.3) is 5.91 Å². The molecule has 27 heavy (non-hydrogen) atoms. The molecule has 1 fully saturated rings. The van der Waals surface area contributed by atoms with Gasteiger partial charge in [0, 0.05) is 24.8 Å². The summed E-state index contributed by atoms with van der Waals surface area (Å²) in [4.78, 5) is 15.4. The molecule has 1 saturated heterocycles. The highest BCUT2D eigenvalue weighted by atomic mass is 35.5. The first-order valence-electron chi connectivity index (χ1n) is 9.15. The molecule has 0 bridgehead atoms. The Morgan fingerprint density at radius 3 is 2.93 bits per heavy atom. The molecule has 1 atom stereocenters. The van der Waals surface area contributed by atoms with Gasteiger partial charge in [0.15, 0.2) is 0 Å². The summed E-state index contributed by atoms with van der Waals surface area (Å²) in [6.07, 6.45) is 3.67. The Labute approximate surface area is 162 Å². The smallest absolute Gasteiger partial charge is 0.260 e. The third kappa shape index (κ3) is 3.04. The second-order valence-electron chi connectivity index (χ2n) is 6.67. The minimum atomic E-state index is -0.0741. The number of carbonyl (C=O) groups is 1. The minimum Gasteiger partial charge on any atom is -0.360 e. The zero-order valence-corrected chi connectivity index (χ0v) is 16.1. The van der Waals surface area contributed by atoms with Gasteiger partial charge in [0.05, 0.1) is 16.8 Å². The van der Waals surface area contributed by atoms with E-state index in [-0.39, 0.29) is 11.9 Å². The monoisotopic (exact) mass is 384 g/mol. The summed E-state index contributed by atoms with van der Waals surface area (Å²) in [5.41, 5.74) is 2.75. The molecular weight excluding hydrogens is 364 g/mol. The molecule has 3 heterocycles. The number of nitrogens with zero attached hydrogens (tertiary/aromatic N) is 4. The maximum atomic E-state index is 13.5. The van der Waals surface area contributed by atoms with Gasteiger partial charge in [-0.2, -0.15) is 5.10 Å². The Morgan fingerprint density at radius 2 is 2.15 bits per heavy atom. The number of benzene rings is 1. The Morgan fingerprint density at radius 1 is 1.33 bits per heavy atom. The van der Waals surface area contributed by atoms with Crippen LogP contribution in [0.2, 0.25) is 5.02 Å². The van der Waals surface area contributed by atoms with Crippen molar-refractivity contribution >= 4 is 17.5 Å². The molecule has 0 N–H and O–H groups in total. The standard InChI is InChI=1S/C20H21ClN4O2/c1-3-25-17(10-11-22-25)16-9-6-12-24(16)20(26)18-13(2)27-23-19(18)14-7-4-5-8-15(14)21/h4-5,7-8,10-11,16H,3,6,9,12H2,1-2H3/t16-/m0/s1. The van der Waals surface area contributed by atoms with Crippen LogP contribution in [0.1, 0.15) is 47.6 Å². The van der Waals surface area contributed by atoms with Crippen molar-refractivity contribution in [3.8, 4) is 11.3 Å². The van der Waals surface area contributed by atoms with Crippen LogP contribution in [0.3, 0.4) is 0 Å². The number of aryl methyl sites for hydroxylation is 2. The van der Waals surface area contributed by atoms with Crippen molar-refractivity contribution in [3.63, 3.8) is 0 Å². The SMILES string of the molecule is CCn1nccc1[C@@H]1CCCN1C(=O)c1c(-c2ccccc2Cl)noc1C. The summed E-state index contributed by atoms with van der Waals surface area (Å²) in [5.74, 6) is 0.430. The molecule has 0 spiro atoms. The van der Waals surface area contributed by atoms with Crippen molar-refractivity contribution in [2.45, 2.75) is 39.3 Å². The van der Waals surface area contributed by atoms with Gasteiger partial charge in [-0.3, -0.25) is 9.48 Å². The van der Waals surface area contributed by atoms with Gasteiger partial charge in [-0.1, -0.05) is 35.0 Å². The van der Waals surface area contributed by atoms with E-state index in [1.54, 1.807) is 19.2 Å². The largest absolute Gasteiger partial charge is 0.360 e. The Bertz CT molecular complexity index is 978. The van der Waals surface area contributed by atoms with Crippen LogP contribution in [-0.4, -0.2) is 32.3 Å². The topological polar surface area (TPSA) is 64.2 Å². The molecule has 1 aliphatic heterocycles. The van der Waals surface area contributed by atoms with Gasteiger partial charge >= 0.3 is 0 Å². The molecule has 0 aliphatic carbocycles. The summed E-state index contributed by atoms with van der Waals surface area (Å²) in [7, 11) is 0. The quantitative estimate of drug-likeness (QED) is 0.664. The molecule has 140 valence electrons. The highest BCUT2D eigenvalue weighted by Crippen LogP contribution is 2.37. The van der Waals surface area contributed by atoms with Gasteiger partial charge in [-0.05, 0) is 38.8 Å². The van der Waals surface area contributed by atoms with Crippen molar-refractivity contribution < 1.29 is 9.32 Å². The Kier molecular flexibility index (Phi) is 4.74. The minimum absolute atomic E-state index is 0.00773. The summed E-state index contributed by atoms with van der Waals surface area (Å²) in [5, 5.41) is 9.04. The van der Waals surface area contributed by atoms with Crippen molar-refractivity contribution in [2.75, 3.05) is 6.54 Å². The Balaban J connectivity index is 1.73. The van der Waals surface area contributed by atoms with Gasteiger partial charge in [-0.25, -0.2) is 0 Å². The summed E-state index contributed by atoms with van der Waals surface area (Å²) in [6, 6.07) is 9.36. The fourth-order valence-electron chi connectivity index (χ4n) is 3.81. The number of carbonyl (C=O) groups excluding carboxylic acids is 1. The van der Waals surface area contributed by atoms with E-state index >= 15 is 0 Å². The maximum absolute atomic E-state index is 13.5. The van der Waals surface area contributed by atoms with E-state index in [4.69, 9.17) is 16.1 Å². The van der Waals surface area contributed by atoms with Crippen molar-refractivity contribution in [1.29, 1.82) is 0 Å². The molecule has 6 nitrogen and oxygen atoms in total. The zero-order valence-electron chi connectivity index (χ0n) is 15.4. The van der Waals surface area contributed by atoms with E-state index in [0.717, 1.165) is 25.1 Å². The van der Waals surface area contributed by atoms with Gasteiger partial charge in [0.1, 0.15) is 17.0 Å². The first-order valence-corrected chi connectivity index (χ1v) is 9.53. The molecule has 4 rings (SSSR count). The van der Waals surface area contributed by atoms with Crippen LogP contribution >= 0.6 is 11.6 Å². The average molecular weight is 385 g/mol. The lowest BCUT2D eigenvalue weighted by Crippen LogP contribution is -2.32. The van der Waals surface area contributed by atoms with E-state index in [1.165, 1.54) is 0 Å². The highest BCUT2D eigenvalue weighted by molar-refractivity contribution is 6.33. The first-order chi connectivity index (χ1) is 13.1. The normalized spacial score (nSPS) is 16.9. The van der Waals surface area contributed by atoms with E-state index in [1.807, 2.05) is 33.8 Å². The second kappa shape index (κ2) is 7.19. The number of likely N-dealkylation sites (tertiary alicyclic amines) is 1. The first kappa shape index (κ1) is 17.8. The zero-order chi connectivity index (χ0) is 19.0. The van der Waals surface area contributed by atoms with Gasteiger partial charge < -0.3 is 9.42 Å². The van der Waals surface area contributed by atoms with E-state index in [9.17, 15) is 4.79 Å². The predicted molar refractivity (Wildman–Crippen MR) is 103 cm³/mol. The van der Waals surface area contributed by atoms with E-state index in [0.29, 0.717) is 34.1 Å². The summed E-state index contributed by atoms with van der Waals surface area (Å²) >= 11 is 6.34. The van der Waals surface area contributed by atoms with Crippen LogP contribution in [-0.2, 0) is 6.54 Å². The van der Waals surface area contributed by atoms with Gasteiger partial charge in [-0.15, -0.1) is 0 Å². The second-order valence-corrected chi connectivity index (χ2v) is 7.08. The van der Waals surface area contributed by atoms with Gasteiger partial charge in [0.2, 0.25) is 0 Å². The maximum Gasteiger partial charge on any atom is 0.260 e. The van der Waals surface area contributed by atoms with Crippen LogP contribution in [0.4, 0.5) is 0 Å². The van der Waals surface area contributed by atoms with Crippen molar-refractivity contribution in [2.24, 2.45) is 0 Å². The van der Waals surface area contributed by atoms with Crippen LogP contribution in [0, 0.1) is 6.92 Å². The number of halogens is 1. The number of hydrogen-bond donors (Lipinski definition) is 0. The number of hydrogen-bond acceptors (Lipinski definition) is 4. The third-order valence-electron chi connectivity index (χ3n) is 5.11. The van der Waals surface area contributed by atoms with Crippen LogP contribution < -0.4 is 0 Å². The fourth-order valence-corrected chi connectivity index (χ4v) is 4.04. The molecule has 0 saturated carbocycles. The number of rotatable bonds is 4. The van der Waals surface area contributed by atoms with Crippen molar-refractivity contribution in [3.05, 3.63) is 58.6 Å². The number of aromatic nitrogens is 3. The molecule has 0 unspecified atom stereocenters. The molecule has 3 aromatic rings. The summed E-state index contributed by atoms with van der Waals surface area (Å²) < 4.78 is 7.33. The molecule has 7 heteroatoms. The molecule has 1 aromatic carbocycles. The fraction of sp³-hybridized carbons (Fsp3) is 0.350. The molecule has 1 amide bonds. The third-order valence-corrected chi connectivity index (χ3v) is 5.44. The lowest BCUT2D eigenvalue weighted by Gasteiger charge is -2.25. The van der Waals surface area contributed by atoms with Crippen LogP contribution in [0.25, 0.3) is 11.3 Å². The molecule has 1 aliphatic rings. The lowest BCUT2D eigenvalue weighted by molar-refractivity contribution is 0.0728. The predicted octanol–water partition coefficient (Wildman–Crippen LogP) is 4.50. The van der Waals surface area contributed by atoms with Crippen molar-refractivity contribution in [1.82, 2.24) is 19.8 Å². The molecule has 2 aromatic heterocycles. The number of amides is 1. The molecular formula is C20H21ClN4O2. The van der Waals surface area contributed by atoms with Crippen LogP contribution in [0.15, 0.2) is 41.1 Å². The van der Waals surface area contributed by atoms with Crippen LogP contribution in [0.5, 0.6) is 0 Å². The van der Waals surface area contributed by atoms with E-state index < -0.39 is 0 Å². The average Bonchev–Trinajstić information content (AvgIpc) is 3.40. The summed E-state index contributed by atoms with van der Waals surface area (Å²) in [6.45, 7) is 5.29. The lowest BCUT2D eigenvalue weighted by atomic mass is 10.0. The molecule has 0 radical (unpaired) electrons. The highest BCUT2D eigenvalue weighted by Gasteiger charge is 2.36. The van der Waals surface area contributed by atoms with E-state index in [2.05, 4.69) is 17.2 Å². The Hall–Kier alpha value is -2.60.